The van der Waals surface area contributed by atoms with Crippen LogP contribution < -0.4 is 5.73 Å². The molecule has 3 heteroatoms. The maximum absolute atomic E-state index is 6.23. The molecule has 1 aliphatic rings. The molecule has 0 spiro atoms. The summed E-state index contributed by atoms with van der Waals surface area (Å²) in [6, 6.07) is 9.12. The Morgan fingerprint density at radius 3 is 2.78 bits per heavy atom. The van der Waals surface area contributed by atoms with E-state index in [1.165, 1.54) is 24.8 Å². The summed E-state index contributed by atoms with van der Waals surface area (Å²) in [5.41, 5.74) is 7.47. The molecule has 2 nitrogen and oxygen atoms in total. The minimum atomic E-state index is 0.115. The molecular weight excluding hydrogens is 244 g/mol. The average molecular weight is 267 g/mol. The fourth-order valence-corrected chi connectivity index (χ4v) is 3.22. The molecule has 1 aromatic carbocycles. The van der Waals surface area contributed by atoms with Crippen LogP contribution in [0.2, 0.25) is 5.02 Å². The summed E-state index contributed by atoms with van der Waals surface area (Å²) in [6.45, 7) is 5.53. The van der Waals surface area contributed by atoms with Gasteiger partial charge in [-0.3, -0.25) is 4.90 Å². The van der Waals surface area contributed by atoms with Crippen LogP contribution in [0.3, 0.4) is 0 Å². The topological polar surface area (TPSA) is 29.3 Å². The predicted molar refractivity (Wildman–Crippen MR) is 77.9 cm³/mol. The third-order valence-corrected chi connectivity index (χ3v) is 4.13. The van der Waals surface area contributed by atoms with Gasteiger partial charge in [0.1, 0.15) is 0 Å². The van der Waals surface area contributed by atoms with E-state index in [4.69, 9.17) is 17.3 Å². The monoisotopic (exact) mass is 266 g/mol. The van der Waals surface area contributed by atoms with Gasteiger partial charge in [-0.15, -0.1) is 0 Å². The van der Waals surface area contributed by atoms with Crippen LogP contribution in [0.5, 0.6) is 0 Å². The number of nitrogens with zero attached hydrogens (tertiary/aromatic N) is 1. The van der Waals surface area contributed by atoms with Crippen molar-refractivity contribution in [3.05, 3.63) is 34.9 Å². The minimum absolute atomic E-state index is 0.115. The summed E-state index contributed by atoms with van der Waals surface area (Å²) in [5, 5.41) is 0.794. The van der Waals surface area contributed by atoms with E-state index in [9.17, 15) is 0 Å². The molecule has 0 bridgehead atoms. The molecule has 0 aliphatic carbocycles. The lowest BCUT2D eigenvalue weighted by Gasteiger charge is -2.41. The van der Waals surface area contributed by atoms with Gasteiger partial charge in [0.05, 0.1) is 0 Å². The van der Waals surface area contributed by atoms with Crippen molar-refractivity contribution in [2.24, 2.45) is 5.73 Å². The summed E-state index contributed by atoms with van der Waals surface area (Å²) >= 11 is 6.11. The number of hydrogen-bond acceptors (Lipinski definition) is 2. The first-order valence-corrected chi connectivity index (χ1v) is 7.24. The highest BCUT2D eigenvalue weighted by molar-refractivity contribution is 6.30. The molecule has 1 heterocycles. The van der Waals surface area contributed by atoms with E-state index in [0.29, 0.717) is 6.04 Å². The number of rotatable bonds is 3. The summed E-state index contributed by atoms with van der Waals surface area (Å²) in [4.78, 5) is 2.54. The fraction of sp³-hybridized carbons (Fsp3) is 0.600. The maximum Gasteiger partial charge on any atom is 0.0499 e. The smallest absolute Gasteiger partial charge is 0.0499 e. The average Bonchev–Trinajstić information content (AvgIpc) is 2.32. The van der Waals surface area contributed by atoms with Gasteiger partial charge in [-0.2, -0.15) is 0 Å². The summed E-state index contributed by atoms with van der Waals surface area (Å²) < 4.78 is 0. The summed E-state index contributed by atoms with van der Waals surface area (Å²) in [6.07, 6.45) is 3.87. The zero-order valence-electron chi connectivity index (χ0n) is 11.3. The predicted octanol–water partition coefficient (Wildman–Crippen LogP) is 3.60. The molecule has 18 heavy (non-hydrogen) atoms. The Morgan fingerprint density at radius 2 is 2.17 bits per heavy atom. The second-order valence-electron chi connectivity index (χ2n) is 5.44. The molecule has 3 atom stereocenters. The zero-order valence-corrected chi connectivity index (χ0v) is 12.0. The van der Waals surface area contributed by atoms with Crippen molar-refractivity contribution >= 4 is 11.6 Å². The van der Waals surface area contributed by atoms with Crippen LogP contribution in [-0.4, -0.2) is 23.5 Å². The van der Waals surface area contributed by atoms with Gasteiger partial charge < -0.3 is 5.73 Å². The second kappa shape index (κ2) is 6.05. The molecule has 0 saturated carbocycles. The van der Waals surface area contributed by atoms with E-state index in [-0.39, 0.29) is 12.1 Å². The Labute approximate surface area is 115 Å². The Morgan fingerprint density at radius 1 is 1.39 bits per heavy atom. The van der Waals surface area contributed by atoms with E-state index in [0.717, 1.165) is 11.6 Å². The van der Waals surface area contributed by atoms with Gasteiger partial charge in [0.2, 0.25) is 0 Å². The van der Waals surface area contributed by atoms with Crippen molar-refractivity contribution in [2.75, 3.05) is 6.54 Å². The molecule has 100 valence electrons. The SMILES string of the molecule is CC(N)C(c1cccc(Cl)c1)N1CCCCC1C. The van der Waals surface area contributed by atoms with Crippen molar-refractivity contribution in [3.8, 4) is 0 Å². The van der Waals surface area contributed by atoms with Gasteiger partial charge in [0.25, 0.3) is 0 Å². The first kappa shape index (κ1) is 13.9. The third kappa shape index (κ3) is 3.05. The standard InChI is InChI=1S/C15H23ClN2/c1-11-6-3-4-9-18(11)15(12(2)17)13-7-5-8-14(16)10-13/h5,7-8,10-12,15H,3-4,6,9,17H2,1-2H3. The van der Waals surface area contributed by atoms with Crippen molar-refractivity contribution in [1.29, 1.82) is 0 Å². The Hall–Kier alpha value is -0.570. The second-order valence-corrected chi connectivity index (χ2v) is 5.88. The number of likely N-dealkylation sites (tertiary alicyclic amines) is 1. The largest absolute Gasteiger partial charge is 0.326 e. The van der Waals surface area contributed by atoms with Crippen LogP contribution in [0.25, 0.3) is 0 Å². The molecular formula is C15H23ClN2. The molecule has 0 aromatic heterocycles. The summed E-state index contributed by atoms with van der Waals surface area (Å²) in [5.74, 6) is 0. The lowest BCUT2D eigenvalue weighted by atomic mass is 9.93. The van der Waals surface area contributed by atoms with Gasteiger partial charge >= 0.3 is 0 Å². The van der Waals surface area contributed by atoms with Gasteiger partial charge in [0.15, 0.2) is 0 Å². The molecule has 0 radical (unpaired) electrons. The lowest BCUT2D eigenvalue weighted by Crippen LogP contribution is -2.46. The fourth-order valence-electron chi connectivity index (χ4n) is 3.02. The first-order valence-electron chi connectivity index (χ1n) is 6.86. The first-order chi connectivity index (χ1) is 8.59. The van der Waals surface area contributed by atoms with Crippen LogP contribution in [0.4, 0.5) is 0 Å². The highest BCUT2D eigenvalue weighted by Gasteiger charge is 2.29. The normalized spacial score (nSPS) is 24.8. The Bertz CT molecular complexity index is 392. The number of halogens is 1. The molecule has 3 unspecified atom stereocenters. The number of hydrogen-bond donors (Lipinski definition) is 1. The molecule has 1 saturated heterocycles. The zero-order chi connectivity index (χ0) is 13.1. The van der Waals surface area contributed by atoms with Crippen LogP contribution in [0, 0.1) is 0 Å². The van der Waals surface area contributed by atoms with Gasteiger partial charge in [-0.25, -0.2) is 0 Å². The minimum Gasteiger partial charge on any atom is -0.326 e. The molecule has 0 amide bonds. The molecule has 1 fully saturated rings. The van der Waals surface area contributed by atoms with Crippen molar-refractivity contribution < 1.29 is 0 Å². The van der Waals surface area contributed by atoms with Gasteiger partial charge in [-0.1, -0.05) is 30.2 Å². The highest BCUT2D eigenvalue weighted by atomic mass is 35.5. The number of benzene rings is 1. The third-order valence-electron chi connectivity index (χ3n) is 3.90. The van der Waals surface area contributed by atoms with E-state index in [2.05, 4.69) is 30.9 Å². The Balaban J connectivity index is 2.27. The van der Waals surface area contributed by atoms with Crippen molar-refractivity contribution in [2.45, 2.75) is 51.2 Å². The summed E-state index contributed by atoms with van der Waals surface area (Å²) in [7, 11) is 0. The van der Waals surface area contributed by atoms with Crippen LogP contribution >= 0.6 is 11.6 Å². The quantitative estimate of drug-likeness (QED) is 0.906. The molecule has 2 rings (SSSR count). The maximum atomic E-state index is 6.23. The van der Waals surface area contributed by atoms with Crippen molar-refractivity contribution in [3.63, 3.8) is 0 Å². The van der Waals surface area contributed by atoms with Gasteiger partial charge in [0, 0.05) is 23.1 Å². The molecule has 2 N–H and O–H groups in total. The number of piperidine rings is 1. The van der Waals surface area contributed by atoms with Crippen LogP contribution in [0.1, 0.15) is 44.7 Å². The van der Waals surface area contributed by atoms with E-state index in [1.54, 1.807) is 0 Å². The van der Waals surface area contributed by atoms with E-state index < -0.39 is 0 Å². The van der Waals surface area contributed by atoms with Crippen molar-refractivity contribution in [1.82, 2.24) is 4.90 Å². The Kier molecular flexibility index (Phi) is 4.66. The van der Waals surface area contributed by atoms with Crippen LogP contribution in [0.15, 0.2) is 24.3 Å². The molecule has 1 aromatic rings. The molecule has 1 aliphatic heterocycles. The van der Waals surface area contributed by atoms with E-state index in [1.807, 2.05) is 12.1 Å². The highest BCUT2D eigenvalue weighted by Crippen LogP contribution is 2.31. The lowest BCUT2D eigenvalue weighted by molar-refractivity contribution is 0.0923. The van der Waals surface area contributed by atoms with E-state index >= 15 is 0 Å². The number of nitrogens with two attached hydrogens (primary N) is 1. The van der Waals surface area contributed by atoms with Gasteiger partial charge in [-0.05, 0) is 50.9 Å². The van der Waals surface area contributed by atoms with Crippen LogP contribution in [-0.2, 0) is 0 Å².